The summed E-state index contributed by atoms with van der Waals surface area (Å²) in [6.07, 6.45) is 0. The molecule has 0 atom stereocenters. The number of hydrogen-bond donors (Lipinski definition) is 1. The molecular weight excluding hydrogens is 330 g/mol. The van der Waals surface area contributed by atoms with Gasteiger partial charge in [0.25, 0.3) is 0 Å². The largest absolute Gasteiger partial charge is 0.489 e. The Morgan fingerprint density at radius 1 is 1.29 bits per heavy atom. The first-order chi connectivity index (χ1) is 10.0. The van der Waals surface area contributed by atoms with Gasteiger partial charge in [-0.2, -0.15) is 0 Å². The van der Waals surface area contributed by atoms with Gasteiger partial charge in [0.1, 0.15) is 23.9 Å². The van der Waals surface area contributed by atoms with E-state index >= 15 is 0 Å². The van der Waals surface area contributed by atoms with Gasteiger partial charge in [0, 0.05) is 10.0 Å². The Kier molecular flexibility index (Phi) is 5.88. The van der Waals surface area contributed by atoms with Crippen LogP contribution in [0.4, 0.5) is 0 Å². The molecule has 0 bridgehead atoms. The van der Waals surface area contributed by atoms with Gasteiger partial charge in [0.05, 0.1) is 6.54 Å². The molecule has 0 aliphatic heterocycles. The summed E-state index contributed by atoms with van der Waals surface area (Å²) in [4.78, 5) is 0. The fraction of sp³-hybridized carbons (Fsp3) is 0.412. The molecule has 0 radical (unpaired) electrons. The average molecular weight is 352 g/mol. The lowest BCUT2D eigenvalue weighted by Crippen LogP contribution is -2.18. The zero-order valence-electron chi connectivity index (χ0n) is 12.8. The highest BCUT2D eigenvalue weighted by Crippen LogP contribution is 2.21. The van der Waals surface area contributed by atoms with Gasteiger partial charge in [-0.25, -0.2) is 0 Å². The fourth-order valence-electron chi connectivity index (χ4n) is 2.02. The molecule has 0 amide bonds. The lowest BCUT2D eigenvalue weighted by Gasteiger charge is -2.05. The van der Waals surface area contributed by atoms with Crippen LogP contribution in [0.1, 0.15) is 30.9 Å². The first-order valence-corrected chi connectivity index (χ1v) is 8.01. The Morgan fingerprint density at radius 2 is 2.10 bits per heavy atom. The van der Waals surface area contributed by atoms with Crippen LogP contribution in [0.25, 0.3) is 0 Å². The minimum atomic E-state index is 0.524. The maximum atomic E-state index is 5.80. The van der Waals surface area contributed by atoms with Gasteiger partial charge in [-0.05, 0) is 43.7 Å². The van der Waals surface area contributed by atoms with Gasteiger partial charge in [-0.15, -0.1) is 0 Å². The van der Waals surface area contributed by atoms with Crippen molar-refractivity contribution in [2.24, 2.45) is 5.92 Å². The van der Waals surface area contributed by atoms with Crippen molar-refractivity contribution in [2.75, 3.05) is 6.54 Å². The van der Waals surface area contributed by atoms with Crippen LogP contribution >= 0.6 is 15.9 Å². The van der Waals surface area contributed by atoms with Crippen molar-refractivity contribution < 1.29 is 9.15 Å². The molecule has 1 heterocycles. The van der Waals surface area contributed by atoms with E-state index in [0.29, 0.717) is 12.5 Å². The van der Waals surface area contributed by atoms with Crippen LogP contribution in [0.2, 0.25) is 0 Å². The molecule has 2 aromatic rings. The Bertz CT molecular complexity index is 578. The lowest BCUT2D eigenvalue weighted by molar-refractivity contribution is 0.303. The summed E-state index contributed by atoms with van der Waals surface area (Å²) < 4.78 is 12.6. The van der Waals surface area contributed by atoms with Crippen LogP contribution in [0.5, 0.6) is 5.75 Å². The van der Waals surface area contributed by atoms with Gasteiger partial charge >= 0.3 is 0 Å². The van der Waals surface area contributed by atoms with Crippen molar-refractivity contribution in [3.05, 3.63) is 51.9 Å². The Balaban J connectivity index is 1.90. The molecule has 1 aromatic heterocycles. The molecule has 1 N–H and O–H groups in total. The minimum absolute atomic E-state index is 0.524. The van der Waals surface area contributed by atoms with Crippen molar-refractivity contribution in [1.82, 2.24) is 5.32 Å². The third kappa shape index (κ3) is 5.21. The van der Waals surface area contributed by atoms with Crippen LogP contribution in [0, 0.1) is 12.8 Å². The first kappa shape index (κ1) is 16.1. The summed E-state index contributed by atoms with van der Waals surface area (Å²) >= 11 is 3.44. The maximum Gasteiger partial charge on any atom is 0.120 e. The molecule has 3 nitrogen and oxygen atoms in total. The maximum absolute atomic E-state index is 5.80. The average Bonchev–Trinajstić information content (AvgIpc) is 2.76. The highest BCUT2D eigenvalue weighted by Gasteiger charge is 2.08. The molecule has 0 aliphatic carbocycles. The third-order valence-corrected chi connectivity index (χ3v) is 3.61. The number of ether oxygens (including phenoxy) is 1. The summed E-state index contributed by atoms with van der Waals surface area (Å²) in [5.74, 6) is 3.37. The molecule has 2 rings (SSSR count). The topological polar surface area (TPSA) is 34.4 Å². The summed E-state index contributed by atoms with van der Waals surface area (Å²) in [6, 6.07) is 9.92. The summed E-state index contributed by atoms with van der Waals surface area (Å²) in [5.41, 5.74) is 1.09. The first-order valence-electron chi connectivity index (χ1n) is 7.22. The predicted octanol–water partition coefficient (Wildman–Crippen LogP) is 4.68. The van der Waals surface area contributed by atoms with E-state index in [0.717, 1.165) is 40.4 Å². The van der Waals surface area contributed by atoms with Gasteiger partial charge in [0.15, 0.2) is 0 Å². The highest BCUT2D eigenvalue weighted by atomic mass is 79.9. The van der Waals surface area contributed by atoms with Crippen LogP contribution < -0.4 is 10.1 Å². The number of nitrogens with one attached hydrogen (secondary N) is 1. The van der Waals surface area contributed by atoms with Crippen LogP contribution in [-0.2, 0) is 13.2 Å². The number of halogens is 1. The molecule has 4 heteroatoms. The van der Waals surface area contributed by atoms with E-state index in [4.69, 9.17) is 9.15 Å². The third-order valence-electron chi connectivity index (χ3n) is 3.11. The van der Waals surface area contributed by atoms with Gasteiger partial charge in [-0.3, -0.25) is 0 Å². The molecule has 0 saturated carbocycles. The smallest absolute Gasteiger partial charge is 0.120 e. The van der Waals surface area contributed by atoms with E-state index in [1.807, 2.05) is 31.2 Å². The Labute approximate surface area is 134 Å². The van der Waals surface area contributed by atoms with Crippen molar-refractivity contribution in [3.63, 3.8) is 0 Å². The second-order valence-electron chi connectivity index (χ2n) is 5.56. The molecule has 21 heavy (non-hydrogen) atoms. The Hall–Kier alpha value is -1.26. The van der Waals surface area contributed by atoms with Crippen LogP contribution in [-0.4, -0.2) is 6.54 Å². The lowest BCUT2D eigenvalue weighted by atomic mass is 10.2. The molecule has 114 valence electrons. The van der Waals surface area contributed by atoms with Crippen molar-refractivity contribution in [3.8, 4) is 5.75 Å². The van der Waals surface area contributed by atoms with Gasteiger partial charge < -0.3 is 14.5 Å². The molecule has 1 aromatic carbocycles. The zero-order chi connectivity index (χ0) is 15.2. The van der Waals surface area contributed by atoms with Crippen molar-refractivity contribution in [1.29, 1.82) is 0 Å². The molecular formula is C17H22BrNO2. The van der Waals surface area contributed by atoms with E-state index in [1.54, 1.807) is 0 Å². The number of benzene rings is 1. The summed E-state index contributed by atoms with van der Waals surface area (Å²) in [7, 11) is 0. The summed E-state index contributed by atoms with van der Waals surface area (Å²) in [5, 5.41) is 3.38. The fourth-order valence-corrected chi connectivity index (χ4v) is 2.40. The molecule has 0 spiro atoms. The van der Waals surface area contributed by atoms with E-state index in [9.17, 15) is 0 Å². The quantitative estimate of drug-likeness (QED) is 0.786. The van der Waals surface area contributed by atoms with E-state index in [2.05, 4.69) is 41.2 Å². The second-order valence-corrected chi connectivity index (χ2v) is 6.48. The van der Waals surface area contributed by atoms with Crippen LogP contribution in [0.3, 0.4) is 0 Å². The van der Waals surface area contributed by atoms with Crippen LogP contribution in [0.15, 0.2) is 39.2 Å². The normalized spacial score (nSPS) is 11.1. The number of rotatable bonds is 7. The number of furan rings is 1. The Morgan fingerprint density at radius 3 is 2.81 bits per heavy atom. The minimum Gasteiger partial charge on any atom is -0.489 e. The highest BCUT2D eigenvalue weighted by molar-refractivity contribution is 9.10. The van der Waals surface area contributed by atoms with E-state index < -0.39 is 0 Å². The van der Waals surface area contributed by atoms with E-state index in [1.165, 1.54) is 0 Å². The molecule has 0 aliphatic rings. The second kappa shape index (κ2) is 7.66. The SMILES string of the molecule is Cc1oc(CNCC(C)C)cc1COc1cccc(Br)c1. The summed E-state index contributed by atoms with van der Waals surface area (Å²) in [6.45, 7) is 8.64. The standard InChI is InChI=1S/C17H22BrNO2/c1-12(2)9-19-10-17-7-14(13(3)21-17)11-20-16-6-4-5-15(18)8-16/h4-8,12,19H,9-11H2,1-3H3. The van der Waals surface area contributed by atoms with Crippen molar-refractivity contribution in [2.45, 2.75) is 33.9 Å². The van der Waals surface area contributed by atoms with Gasteiger partial charge in [-0.1, -0.05) is 35.8 Å². The van der Waals surface area contributed by atoms with E-state index in [-0.39, 0.29) is 0 Å². The molecule has 0 unspecified atom stereocenters. The van der Waals surface area contributed by atoms with Crippen molar-refractivity contribution >= 4 is 15.9 Å². The van der Waals surface area contributed by atoms with Gasteiger partial charge in [0.2, 0.25) is 0 Å². The predicted molar refractivity (Wildman–Crippen MR) is 88.5 cm³/mol. The zero-order valence-corrected chi connectivity index (χ0v) is 14.4. The number of hydrogen-bond acceptors (Lipinski definition) is 3. The molecule has 0 saturated heterocycles. The monoisotopic (exact) mass is 351 g/mol. The number of aryl methyl sites for hydroxylation is 1. The molecule has 0 fully saturated rings.